The lowest BCUT2D eigenvalue weighted by molar-refractivity contribution is -0.137. The molecular weight excluding hydrogens is 489 g/mol. The van der Waals surface area contributed by atoms with E-state index in [9.17, 15) is 18.0 Å². The number of carbonyl (C=O) groups is 1. The summed E-state index contributed by atoms with van der Waals surface area (Å²) in [5, 5.41) is 5.61. The van der Waals surface area contributed by atoms with Gasteiger partial charge in [-0.2, -0.15) is 22.7 Å². The molecule has 0 bridgehead atoms. The van der Waals surface area contributed by atoms with E-state index in [-0.39, 0.29) is 5.91 Å². The highest BCUT2D eigenvalue weighted by Crippen LogP contribution is 2.32. The van der Waals surface area contributed by atoms with Crippen molar-refractivity contribution in [3.63, 3.8) is 0 Å². The van der Waals surface area contributed by atoms with E-state index in [0.717, 1.165) is 22.2 Å². The maximum absolute atomic E-state index is 13.2. The molecular formula is C25H19F3N6OS. The normalized spacial score (nSPS) is 14.6. The summed E-state index contributed by atoms with van der Waals surface area (Å²) >= 11 is 1.49. The molecule has 11 heteroatoms. The fraction of sp³-hybridized carbons (Fsp3) is 0.200. The van der Waals surface area contributed by atoms with Gasteiger partial charge in [0.05, 0.1) is 16.1 Å². The highest BCUT2D eigenvalue weighted by molar-refractivity contribution is 7.20. The molecule has 5 aromatic rings. The Labute approximate surface area is 207 Å². The van der Waals surface area contributed by atoms with Gasteiger partial charge in [0.25, 0.3) is 11.7 Å². The molecule has 0 N–H and O–H groups in total. The van der Waals surface area contributed by atoms with Gasteiger partial charge in [-0.25, -0.2) is 4.98 Å². The lowest BCUT2D eigenvalue weighted by atomic mass is 10.1. The van der Waals surface area contributed by atoms with Crippen molar-refractivity contribution in [1.82, 2.24) is 24.5 Å². The van der Waals surface area contributed by atoms with Crippen LogP contribution in [-0.2, 0) is 6.18 Å². The molecule has 3 aromatic heterocycles. The smallest absolute Gasteiger partial charge is 0.336 e. The van der Waals surface area contributed by atoms with Gasteiger partial charge < -0.3 is 9.80 Å². The topological polar surface area (TPSA) is 66.6 Å². The van der Waals surface area contributed by atoms with Gasteiger partial charge in [0, 0.05) is 42.6 Å². The number of amides is 1. The van der Waals surface area contributed by atoms with E-state index in [2.05, 4.69) is 15.1 Å². The Morgan fingerprint density at radius 1 is 0.944 bits per heavy atom. The summed E-state index contributed by atoms with van der Waals surface area (Å²) in [6.45, 7) is 2.09. The molecule has 1 saturated heterocycles. The van der Waals surface area contributed by atoms with E-state index in [1.54, 1.807) is 12.1 Å². The molecule has 0 saturated carbocycles. The van der Waals surface area contributed by atoms with Gasteiger partial charge >= 0.3 is 6.18 Å². The van der Waals surface area contributed by atoms with Gasteiger partial charge in [0.1, 0.15) is 0 Å². The largest absolute Gasteiger partial charge is 0.416 e. The number of aromatic nitrogens is 4. The first kappa shape index (κ1) is 22.5. The van der Waals surface area contributed by atoms with E-state index in [1.165, 1.54) is 28.1 Å². The molecule has 1 fully saturated rings. The summed E-state index contributed by atoms with van der Waals surface area (Å²) in [5.41, 5.74) is 0.0978. The van der Waals surface area contributed by atoms with E-state index < -0.39 is 11.7 Å². The average Bonchev–Trinajstić information content (AvgIpc) is 3.52. The standard InChI is InChI=1S/C25H19F3N6OS/c26-25(27,28)18-6-3-5-16(14-18)19-8-9-29-23-30-24(31-34(19)23)33-12-10-32(11-13-33)22(35)21-15-17-4-1-2-7-20(17)36-21/h1-9,14-15H,10-13H2. The van der Waals surface area contributed by atoms with Crippen LogP contribution in [0.25, 0.3) is 27.1 Å². The van der Waals surface area contributed by atoms with E-state index >= 15 is 0 Å². The number of halogens is 3. The first-order valence-electron chi connectivity index (χ1n) is 11.3. The van der Waals surface area contributed by atoms with Gasteiger partial charge in [-0.3, -0.25) is 4.79 Å². The number of fused-ring (bicyclic) bond motifs is 2. The van der Waals surface area contributed by atoms with Crippen LogP contribution >= 0.6 is 11.3 Å². The molecule has 0 atom stereocenters. The molecule has 6 rings (SSSR count). The quantitative estimate of drug-likeness (QED) is 0.344. The van der Waals surface area contributed by atoms with Crippen molar-refractivity contribution in [2.75, 3.05) is 31.1 Å². The van der Waals surface area contributed by atoms with Crippen molar-refractivity contribution in [3.05, 3.63) is 77.3 Å². The van der Waals surface area contributed by atoms with Gasteiger partial charge in [-0.1, -0.05) is 30.3 Å². The summed E-state index contributed by atoms with van der Waals surface area (Å²) in [6.07, 6.45) is -2.94. The van der Waals surface area contributed by atoms with Crippen LogP contribution in [0.15, 0.2) is 66.9 Å². The molecule has 1 amide bonds. The summed E-state index contributed by atoms with van der Waals surface area (Å²) in [4.78, 5) is 26.3. The minimum atomic E-state index is -4.44. The molecule has 182 valence electrons. The number of alkyl halides is 3. The van der Waals surface area contributed by atoms with Crippen molar-refractivity contribution in [3.8, 4) is 11.3 Å². The maximum Gasteiger partial charge on any atom is 0.416 e. The van der Waals surface area contributed by atoms with Crippen molar-refractivity contribution in [2.45, 2.75) is 6.18 Å². The molecule has 0 radical (unpaired) electrons. The van der Waals surface area contributed by atoms with Crippen LogP contribution < -0.4 is 4.90 Å². The maximum atomic E-state index is 13.2. The fourth-order valence-electron chi connectivity index (χ4n) is 4.34. The number of benzene rings is 2. The molecule has 1 aliphatic heterocycles. The predicted molar refractivity (Wildman–Crippen MR) is 131 cm³/mol. The number of rotatable bonds is 3. The highest BCUT2D eigenvalue weighted by Gasteiger charge is 2.31. The van der Waals surface area contributed by atoms with Gasteiger partial charge in [-0.05, 0) is 35.7 Å². The lowest BCUT2D eigenvalue weighted by Crippen LogP contribution is -2.49. The molecule has 0 aliphatic carbocycles. The van der Waals surface area contributed by atoms with Crippen LogP contribution in [0.2, 0.25) is 0 Å². The summed E-state index contributed by atoms with van der Waals surface area (Å²) < 4.78 is 42.2. The van der Waals surface area contributed by atoms with Crippen molar-refractivity contribution in [2.24, 2.45) is 0 Å². The van der Waals surface area contributed by atoms with Crippen molar-refractivity contribution >= 4 is 39.1 Å². The third kappa shape index (κ3) is 4.05. The van der Waals surface area contributed by atoms with E-state index in [4.69, 9.17) is 0 Å². The SMILES string of the molecule is O=C(c1cc2ccccc2s1)N1CCN(c2nc3nccc(-c4cccc(C(F)(F)F)c4)n3n2)CC1. The zero-order valence-electron chi connectivity index (χ0n) is 18.8. The van der Waals surface area contributed by atoms with Gasteiger partial charge in [0.15, 0.2) is 0 Å². The van der Waals surface area contributed by atoms with Crippen LogP contribution in [0.3, 0.4) is 0 Å². The molecule has 1 aliphatic rings. The zero-order chi connectivity index (χ0) is 24.9. The number of nitrogens with zero attached hydrogens (tertiary/aromatic N) is 6. The Morgan fingerprint density at radius 3 is 2.53 bits per heavy atom. The number of anilines is 1. The number of hydrogen-bond donors (Lipinski definition) is 0. The van der Waals surface area contributed by atoms with Crippen molar-refractivity contribution in [1.29, 1.82) is 0 Å². The molecule has 2 aromatic carbocycles. The first-order chi connectivity index (χ1) is 17.4. The third-order valence-electron chi connectivity index (χ3n) is 6.20. The third-order valence-corrected chi connectivity index (χ3v) is 7.31. The van der Waals surface area contributed by atoms with Crippen LogP contribution in [-0.4, -0.2) is 56.6 Å². The Balaban J connectivity index is 1.22. The number of thiophene rings is 1. The second kappa shape index (κ2) is 8.59. The van der Waals surface area contributed by atoms with Gasteiger partial charge in [-0.15, -0.1) is 16.4 Å². The molecule has 0 spiro atoms. The number of hydrogen-bond acceptors (Lipinski definition) is 6. The summed E-state index contributed by atoms with van der Waals surface area (Å²) in [6, 6.07) is 16.6. The minimum absolute atomic E-state index is 0.00677. The first-order valence-corrected chi connectivity index (χ1v) is 12.1. The molecule has 4 heterocycles. The van der Waals surface area contributed by atoms with E-state index in [1.807, 2.05) is 40.1 Å². The van der Waals surface area contributed by atoms with Crippen LogP contribution in [0.1, 0.15) is 15.2 Å². The van der Waals surface area contributed by atoms with E-state index in [0.29, 0.717) is 54.0 Å². The number of carbonyl (C=O) groups excluding carboxylic acids is 1. The lowest BCUT2D eigenvalue weighted by Gasteiger charge is -2.33. The van der Waals surface area contributed by atoms with Crippen LogP contribution in [0, 0.1) is 0 Å². The number of piperazine rings is 1. The fourth-order valence-corrected chi connectivity index (χ4v) is 5.37. The minimum Gasteiger partial charge on any atom is -0.336 e. The van der Waals surface area contributed by atoms with Crippen molar-refractivity contribution < 1.29 is 18.0 Å². The summed E-state index contributed by atoms with van der Waals surface area (Å²) in [5.74, 6) is 0.729. The monoisotopic (exact) mass is 508 g/mol. The summed E-state index contributed by atoms with van der Waals surface area (Å²) in [7, 11) is 0. The van der Waals surface area contributed by atoms with Gasteiger partial charge in [0.2, 0.25) is 5.95 Å². The second-order valence-corrected chi connectivity index (χ2v) is 9.54. The predicted octanol–water partition coefficient (Wildman–Crippen LogP) is 4.99. The Kier molecular flexibility index (Phi) is 5.36. The van der Waals surface area contributed by atoms with Crippen LogP contribution in [0.5, 0.6) is 0 Å². The Hall–Kier alpha value is -3.99. The second-order valence-electron chi connectivity index (χ2n) is 8.46. The zero-order valence-corrected chi connectivity index (χ0v) is 19.6. The molecule has 0 unspecified atom stereocenters. The Morgan fingerprint density at radius 2 is 1.75 bits per heavy atom. The highest BCUT2D eigenvalue weighted by atomic mass is 32.1. The molecule has 36 heavy (non-hydrogen) atoms. The molecule has 7 nitrogen and oxygen atoms in total. The van der Waals surface area contributed by atoms with Crippen LogP contribution in [0.4, 0.5) is 19.1 Å². The average molecular weight is 509 g/mol. The Bertz CT molecular complexity index is 1550.